The summed E-state index contributed by atoms with van der Waals surface area (Å²) in [7, 11) is 2.91. The van der Waals surface area contributed by atoms with Gasteiger partial charge in [0.05, 0.1) is 25.4 Å². The van der Waals surface area contributed by atoms with Crippen LogP contribution in [0, 0.1) is 0 Å². The van der Waals surface area contributed by atoms with Crippen molar-refractivity contribution < 1.29 is 28.6 Å². The van der Waals surface area contributed by atoms with Gasteiger partial charge in [0.15, 0.2) is 0 Å². The lowest BCUT2D eigenvalue weighted by Gasteiger charge is -2.18. The van der Waals surface area contributed by atoms with E-state index in [0.29, 0.717) is 32.4 Å². The summed E-state index contributed by atoms with van der Waals surface area (Å²) in [4.78, 5) is 40.9. The highest BCUT2D eigenvalue weighted by Gasteiger charge is 2.21. The molecule has 3 rings (SSSR count). The van der Waals surface area contributed by atoms with Crippen molar-refractivity contribution in [1.82, 2.24) is 20.9 Å². The van der Waals surface area contributed by atoms with E-state index in [1.807, 2.05) is 54.6 Å². The molecule has 2 aromatic carbocycles. The van der Waals surface area contributed by atoms with E-state index >= 15 is 0 Å². The molecule has 0 fully saturated rings. The number of aromatic nitrogens is 1. The fourth-order valence-corrected chi connectivity index (χ4v) is 4.38. The third-order valence-corrected chi connectivity index (χ3v) is 6.61. The van der Waals surface area contributed by atoms with E-state index in [2.05, 4.69) is 33.2 Å². The van der Waals surface area contributed by atoms with Crippen LogP contribution in [0.15, 0.2) is 60.8 Å². The fourth-order valence-electron chi connectivity index (χ4n) is 4.38. The Morgan fingerprint density at radius 3 is 2.40 bits per heavy atom. The van der Waals surface area contributed by atoms with Gasteiger partial charge in [-0.2, -0.15) is 0 Å². The van der Waals surface area contributed by atoms with Crippen LogP contribution in [-0.4, -0.2) is 62.5 Å². The van der Waals surface area contributed by atoms with E-state index in [9.17, 15) is 14.4 Å². The minimum Gasteiger partial charge on any atom is -0.497 e. The van der Waals surface area contributed by atoms with Crippen molar-refractivity contribution in [2.24, 2.45) is 0 Å². The monoisotopic (exact) mass is 579 g/mol. The maximum Gasteiger partial charge on any atom is 0.408 e. The summed E-state index contributed by atoms with van der Waals surface area (Å²) in [6.45, 7) is 3.17. The van der Waals surface area contributed by atoms with E-state index in [1.54, 1.807) is 13.3 Å². The summed E-state index contributed by atoms with van der Waals surface area (Å²) < 4.78 is 15.4. The molecule has 11 nitrogen and oxygen atoms in total. The van der Waals surface area contributed by atoms with Crippen LogP contribution in [-0.2, 0) is 20.9 Å². The first-order valence-electron chi connectivity index (χ1n) is 14.2. The molecule has 4 N–H and O–H groups in total. The molecule has 1 heterocycles. The number of nitrogens with zero attached hydrogens (tertiary/aromatic N) is 1. The SMILES string of the molecule is COC(=O)[C@@H](CCCCNC(=O)NCCCC(C)Nc1cc(OC)cc2cccnc12)NC(=O)OCc1ccccc1. The predicted molar refractivity (Wildman–Crippen MR) is 161 cm³/mol. The normalized spacial score (nSPS) is 12.1. The minimum absolute atomic E-state index is 0.103. The highest BCUT2D eigenvalue weighted by Crippen LogP contribution is 2.28. The van der Waals surface area contributed by atoms with Crippen molar-refractivity contribution in [1.29, 1.82) is 0 Å². The average molecular weight is 580 g/mol. The molecule has 0 saturated heterocycles. The third-order valence-electron chi connectivity index (χ3n) is 6.61. The maximum absolute atomic E-state index is 12.2. The topological polar surface area (TPSA) is 140 Å². The van der Waals surface area contributed by atoms with Crippen LogP contribution in [0.1, 0.15) is 44.6 Å². The maximum atomic E-state index is 12.2. The highest BCUT2D eigenvalue weighted by atomic mass is 16.6. The minimum atomic E-state index is -0.826. The van der Waals surface area contributed by atoms with Gasteiger partial charge in [-0.3, -0.25) is 4.98 Å². The lowest BCUT2D eigenvalue weighted by molar-refractivity contribution is -0.143. The number of carbonyl (C=O) groups is 3. The van der Waals surface area contributed by atoms with Gasteiger partial charge in [0.1, 0.15) is 18.4 Å². The summed E-state index contributed by atoms with van der Waals surface area (Å²) >= 11 is 0. The molecular weight excluding hydrogens is 538 g/mol. The smallest absolute Gasteiger partial charge is 0.408 e. The molecule has 1 unspecified atom stereocenters. The Balaban J connectivity index is 1.29. The number of nitrogens with one attached hydrogen (secondary N) is 4. The number of carbonyl (C=O) groups excluding carboxylic acids is 3. The van der Waals surface area contributed by atoms with Crippen molar-refractivity contribution >= 4 is 34.7 Å². The zero-order valence-electron chi connectivity index (χ0n) is 24.5. The van der Waals surface area contributed by atoms with E-state index in [4.69, 9.17) is 14.2 Å². The molecule has 0 spiro atoms. The number of pyridine rings is 1. The Morgan fingerprint density at radius 2 is 1.67 bits per heavy atom. The van der Waals surface area contributed by atoms with Crippen molar-refractivity contribution in [3.05, 3.63) is 66.4 Å². The third kappa shape index (κ3) is 10.8. The van der Waals surface area contributed by atoms with Gasteiger partial charge in [0, 0.05) is 36.8 Å². The van der Waals surface area contributed by atoms with Crippen LogP contribution in [0.25, 0.3) is 10.9 Å². The first-order chi connectivity index (χ1) is 20.4. The second-order valence-electron chi connectivity index (χ2n) is 9.90. The second-order valence-corrected chi connectivity index (χ2v) is 9.90. The number of methoxy groups -OCH3 is 2. The molecule has 0 radical (unpaired) electrons. The Bertz CT molecular complexity index is 1290. The number of benzene rings is 2. The summed E-state index contributed by atoms with van der Waals surface area (Å²) in [5.74, 6) is 0.221. The van der Waals surface area contributed by atoms with Crippen LogP contribution >= 0.6 is 0 Å². The number of anilines is 1. The molecular formula is C31H41N5O6. The van der Waals surface area contributed by atoms with Crippen molar-refractivity contribution in [2.45, 2.75) is 57.7 Å². The van der Waals surface area contributed by atoms with Crippen molar-refractivity contribution in [2.75, 3.05) is 32.6 Å². The summed E-state index contributed by atoms with van der Waals surface area (Å²) in [5.41, 5.74) is 2.65. The molecule has 0 aliphatic carbocycles. The van der Waals surface area contributed by atoms with Crippen LogP contribution in [0.2, 0.25) is 0 Å². The number of hydrogen-bond donors (Lipinski definition) is 4. The molecule has 226 valence electrons. The van der Waals surface area contributed by atoms with Crippen molar-refractivity contribution in [3.63, 3.8) is 0 Å². The zero-order chi connectivity index (χ0) is 30.2. The largest absolute Gasteiger partial charge is 0.497 e. The van der Waals surface area contributed by atoms with Gasteiger partial charge in [-0.05, 0) is 56.7 Å². The molecule has 0 aliphatic heterocycles. The van der Waals surface area contributed by atoms with Crippen LogP contribution in [0.4, 0.5) is 15.3 Å². The van der Waals surface area contributed by atoms with Crippen LogP contribution in [0.5, 0.6) is 5.75 Å². The molecule has 3 amide bonds. The lowest BCUT2D eigenvalue weighted by atomic mass is 10.1. The summed E-state index contributed by atoms with van der Waals surface area (Å²) in [6.07, 6.45) is 4.31. The first-order valence-corrected chi connectivity index (χ1v) is 14.2. The van der Waals surface area contributed by atoms with E-state index in [1.165, 1.54) is 7.11 Å². The average Bonchev–Trinajstić information content (AvgIpc) is 3.01. The quantitative estimate of drug-likeness (QED) is 0.141. The highest BCUT2D eigenvalue weighted by molar-refractivity contribution is 5.92. The van der Waals surface area contributed by atoms with E-state index < -0.39 is 18.1 Å². The van der Waals surface area contributed by atoms with Gasteiger partial charge >= 0.3 is 18.1 Å². The van der Waals surface area contributed by atoms with Crippen molar-refractivity contribution in [3.8, 4) is 5.75 Å². The predicted octanol–water partition coefficient (Wildman–Crippen LogP) is 4.76. The Hall–Kier alpha value is -4.54. The summed E-state index contributed by atoms with van der Waals surface area (Å²) in [6, 6.07) is 16.2. The molecule has 0 saturated carbocycles. The summed E-state index contributed by atoms with van der Waals surface area (Å²) in [5, 5.41) is 12.8. The van der Waals surface area contributed by atoms with Gasteiger partial charge in [-0.15, -0.1) is 0 Å². The van der Waals surface area contributed by atoms with Gasteiger partial charge in [0.25, 0.3) is 0 Å². The Labute approximate surface area is 246 Å². The standard InChI is InChI=1S/C31H41N5O6/c1-22(35-27-20-25(40-2)19-24-14-10-17-32-28(24)27)11-9-18-34-30(38)33-16-8-7-15-26(29(37)41-3)36-31(39)42-21-23-12-5-4-6-13-23/h4-6,10,12-14,17,19-20,22,26,35H,7-9,11,15-16,18,21H2,1-3H3,(H,36,39)(H2,33,34,38)/t22?,26-/m1/s1. The number of alkyl carbamates (subject to hydrolysis) is 1. The van der Waals surface area contributed by atoms with Crippen LogP contribution < -0.4 is 26.0 Å². The number of hydrogen-bond acceptors (Lipinski definition) is 8. The Morgan fingerprint density at radius 1 is 0.905 bits per heavy atom. The molecule has 11 heteroatoms. The molecule has 0 aliphatic rings. The number of amides is 3. The second kappa shape index (κ2) is 17.3. The van der Waals surface area contributed by atoms with Gasteiger partial charge < -0.3 is 35.5 Å². The number of unbranched alkanes of at least 4 members (excludes halogenated alkanes) is 1. The molecule has 42 heavy (non-hydrogen) atoms. The Kier molecular flexibility index (Phi) is 13.2. The van der Waals surface area contributed by atoms with Gasteiger partial charge in [-0.25, -0.2) is 14.4 Å². The number of ether oxygens (including phenoxy) is 3. The number of fused-ring (bicyclic) bond motifs is 1. The molecule has 0 bridgehead atoms. The molecule has 3 aromatic rings. The lowest BCUT2D eigenvalue weighted by Crippen LogP contribution is -2.42. The van der Waals surface area contributed by atoms with Crippen LogP contribution in [0.3, 0.4) is 0 Å². The fraction of sp³-hybridized carbons (Fsp3) is 0.419. The number of rotatable bonds is 16. The van der Waals surface area contributed by atoms with Gasteiger partial charge in [-0.1, -0.05) is 36.4 Å². The van der Waals surface area contributed by atoms with E-state index in [0.717, 1.165) is 40.7 Å². The zero-order valence-corrected chi connectivity index (χ0v) is 24.5. The molecule has 1 aromatic heterocycles. The van der Waals surface area contributed by atoms with E-state index in [-0.39, 0.29) is 18.7 Å². The number of urea groups is 1. The molecule has 2 atom stereocenters. The number of esters is 1. The van der Waals surface area contributed by atoms with Gasteiger partial charge in [0.2, 0.25) is 0 Å². The first kappa shape index (κ1) is 32.0.